The van der Waals surface area contributed by atoms with E-state index >= 15 is 0 Å². The zero-order valence-electron chi connectivity index (χ0n) is 17.4. The van der Waals surface area contributed by atoms with Crippen molar-refractivity contribution in [3.63, 3.8) is 0 Å². The normalized spacial score (nSPS) is 16.1. The predicted molar refractivity (Wildman–Crippen MR) is 114 cm³/mol. The summed E-state index contributed by atoms with van der Waals surface area (Å²) >= 11 is 0. The third-order valence-electron chi connectivity index (χ3n) is 5.23. The Morgan fingerprint density at radius 1 is 1.13 bits per heavy atom. The minimum atomic E-state index is -3.45. The van der Waals surface area contributed by atoms with Gasteiger partial charge in [0.1, 0.15) is 5.82 Å². The third kappa shape index (κ3) is 6.33. The van der Waals surface area contributed by atoms with Crippen LogP contribution in [0.3, 0.4) is 0 Å². The predicted octanol–water partition coefficient (Wildman–Crippen LogP) is 2.05. The van der Waals surface area contributed by atoms with Crippen molar-refractivity contribution in [2.75, 3.05) is 52.3 Å². The molecule has 31 heavy (non-hydrogen) atoms. The van der Waals surface area contributed by atoms with E-state index in [-0.39, 0.29) is 35.0 Å². The second-order valence-corrected chi connectivity index (χ2v) is 9.37. The summed E-state index contributed by atoms with van der Waals surface area (Å²) in [6.07, 6.45) is 0. The van der Waals surface area contributed by atoms with E-state index in [4.69, 9.17) is 9.47 Å². The summed E-state index contributed by atoms with van der Waals surface area (Å²) in [6, 6.07) is 12.0. The van der Waals surface area contributed by atoms with Crippen LogP contribution in [0, 0.1) is 5.82 Å². The number of nitrogens with zero attached hydrogens (tertiary/aromatic N) is 1. The third-order valence-corrected chi connectivity index (χ3v) is 6.92. The van der Waals surface area contributed by atoms with Gasteiger partial charge in [0, 0.05) is 32.3 Å². The molecule has 1 heterocycles. The highest BCUT2D eigenvalue weighted by molar-refractivity contribution is 7.91. The Bertz CT molecular complexity index is 958. The van der Waals surface area contributed by atoms with Gasteiger partial charge in [-0.1, -0.05) is 12.1 Å². The van der Waals surface area contributed by atoms with Gasteiger partial charge in [0.15, 0.2) is 9.84 Å². The molecule has 1 amide bonds. The summed E-state index contributed by atoms with van der Waals surface area (Å²) in [5.74, 6) is -0.733. The highest BCUT2D eigenvalue weighted by atomic mass is 32.2. The van der Waals surface area contributed by atoms with Crippen molar-refractivity contribution in [1.29, 1.82) is 0 Å². The van der Waals surface area contributed by atoms with Crippen LogP contribution in [0.2, 0.25) is 0 Å². The monoisotopic (exact) mass is 450 g/mol. The molecule has 2 aromatic carbocycles. The molecule has 0 aliphatic carbocycles. The van der Waals surface area contributed by atoms with Gasteiger partial charge in [0.25, 0.3) is 5.91 Å². The van der Waals surface area contributed by atoms with Crippen molar-refractivity contribution < 1.29 is 27.1 Å². The Morgan fingerprint density at radius 2 is 1.77 bits per heavy atom. The van der Waals surface area contributed by atoms with Gasteiger partial charge in [-0.2, -0.15) is 0 Å². The van der Waals surface area contributed by atoms with E-state index < -0.39 is 9.84 Å². The van der Waals surface area contributed by atoms with Crippen LogP contribution < -0.4 is 5.32 Å². The number of methoxy groups -OCH3 is 1. The molecule has 1 aliphatic rings. The van der Waals surface area contributed by atoms with Crippen molar-refractivity contribution in [3.05, 3.63) is 65.5 Å². The lowest BCUT2D eigenvalue weighted by Crippen LogP contribution is -2.43. The van der Waals surface area contributed by atoms with Crippen molar-refractivity contribution in [3.8, 4) is 0 Å². The second kappa shape index (κ2) is 10.8. The molecule has 1 fully saturated rings. The highest BCUT2D eigenvalue weighted by Gasteiger charge is 2.23. The molecular formula is C22H27FN2O5S. The Balaban J connectivity index is 1.68. The number of hydrogen-bond acceptors (Lipinski definition) is 6. The van der Waals surface area contributed by atoms with Crippen LogP contribution in [0.15, 0.2) is 53.4 Å². The largest absolute Gasteiger partial charge is 0.384 e. The van der Waals surface area contributed by atoms with E-state index in [1.165, 1.54) is 43.5 Å². The molecule has 3 rings (SSSR count). The maximum atomic E-state index is 13.4. The Hall–Kier alpha value is -2.33. The summed E-state index contributed by atoms with van der Waals surface area (Å²) in [7, 11) is -2.01. The molecule has 1 saturated heterocycles. The van der Waals surface area contributed by atoms with E-state index in [1.807, 2.05) is 0 Å². The first-order valence-electron chi connectivity index (χ1n) is 10.1. The maximum absolute atomic E-state index is 13.4. The molecule has 0 aromatic heterocycles. The van der Waals surface area contributed by atoms with Crippen LogP contribution in [-0.4, -0.2) is 71.5 Å². The molecule has 168 valence electrons. The van der Waals surface area contributed by atoms with E-state index in [9.17, 15) is 17.6 Å². The van der Waals surface area contributed by atoms with Crippen LogP contribution in [0.25, 0.3) is 0 Å². The number of rotatable bonds is 9. The van der Waals surface area contributed by atoms with Gasteiger partial charge in [-0.05, 0) is 42.0 Å². The van der Waals surface area contributed by atoms with Crippen molar-refractivity contribution in [2.24, 2.45) is 0 Å². The van der Waals surface area contributed by atoms with Crippen LogP contribution in [0.4, 0.5) is 4.39 Å². The van der Waals surface area contributed by atoms with Crippen LogP contribution in [-0.2, 0) is 19.3 Å². The van der Waals surface area contributed by atoms with E-state index in [2.05, 4.69) is 10.2 Å². The first-order valence-corrected chi connectivity index (χ1v) is 11.7. The summed E-state index contributed by atoms with van der Waals surface area (Å²) in [5.41, 5.74) is 1.27. The number of halogens is 1. The molecule has 1 atom stereocenters. The quantitative estimate of drug-likeness (QED) is 0.630. The second-order valence-electron chi connectivity index (χ2n) is 7.26. The molecule has 9 heteroatoms. The van der Waals surface area contributed by atoms with Gasteiger partial charge >= 0.3 is 0 Å². The van der Waals surface area contributed by atoms with E-state index in [0.29, 0.717) is 38.4 Å². The SMILES string of the molecule is COCCS(=O)(=O)c1ccc(C(=O)NCC(c2ccc(F)cc2)N2CCOCC2)cc1. The number of morpholine rings is 1. The van der Waals surface area contributed by atoms with Crippen molar-refractivity contribution >= 4 is 15.7 Å². The van der Waals surface area contributed by atoms with Gasteiger partial charge in [0.05, 0.1) is 36.5 Å². The molecule has 2 aromatic rings. The van der Waals surface area contributed by atoms with Crippen LogP contribution in [0.1, 0.15) is 22.0 Å². The summed E-state index contributed by atoms with van der Waals surface area (Å²) < 4.78 is 48.0. The fourth-order valence-corrected chi connectivity index (χ4v) is 4.62. The summed E-state index contributed by atoms with van der Waals surface area (Å²) in [4.78, 5) is 15.0. The van der Waals surface area contributed by atoms with Crippen molar-refractivity contribution in [2.45, 2.75) is 10.9 Å². The van der Waals surface area contributed by atoms with Gasteiger partial charge in [-0.3, -0.25) is 9.69 Å². The lowest BCUT2D eigenvalue weighted by atomic mass is 10.0. The van der Waals surface area contributed by atoms with Gasteiger partial charge in [0.2, 0.25) is 0 Å². The number of ether oxygens (including phenoxy) is 2. The van der Waals surface area contributed by atoms with Gasteiger partial charge in [-0.15, -0.1) is 0 Å². The van der Waals surface area contributed by atoms with E-state index in [1.54, 1.807) is 12.1 Å². The summed E-state index contributed by atoms with van der Waals surface area (Å²) in [5, 5.41) is 2.92. The zero-order chi connectivity index (χ0) is 22.3. The fraction of sp³-hybridized carbons (Fsp3) is 0.409. The number of carbonyl (C=O) groups excluding carboxylic acids is 1. The Kier molecular flexibility index (Phi) is 8.14. The van der Waals surface area contributed by atoms with Gasteiger partial charge in [-0.25, -0.2) is 12.8 Å². The molecule has 1 aliphatic heterocycles. The molecule has 7 nitrogen and oxygen atoms in total. The van der Waals surface area contributed by atoms with E-state index in [0.717, 1.165) is 5.56 Å². The Labute approximate surface area is 182 Å². The fourth-order valence-electron chi connectivity index (χ4n) is 3.45. The number of carbonyl (C=O) groups is 1. The summed E-state index contributed by atoms with van der Waals surface area (Å²) in [6.45, 7) is 3.07. The average Bonchev–Trinajstić information content (AvgIpc) is 2.79. The molecule has 0 spiro atoms. The number of benzene rings is 2. The van der Waals surface area contributed by atoms with Crippen LogP contribution in [0.5, 0.6) is 0 Å². The zero-order valence-corrected chi connectivity index (χ0v) is 18.2. The smallest absolute Gasteiger partial charge is 0.251 e. The first-order chi connectivity index (χ1) is 14.9. The lowest BCUT2D eigenvalue weighted by molar-refractivity contribution is 0.0162. The first kappa shape index (κ1) is 23.3. The lowest BCUT2D eigenvalue weighted by Gasteiger charge is -2.35. The number of nitrogens with one attached hydrogen (secondary N) is 1. The number of sulfone groups is 1. The number of hydrogen-bond donors (Lipinski definition) is 1. The molecule has 0 radical (unpaired) electrons. The molecule has 1 unspecified atom stereocenters. The minimum Gasteiger partial charge on any atom is -0.384 e. The van der Waals surface area contributed by atoms with Crippen molar-refractivity contribution in [1.82, 2.24) is 10.2 Å². The highest BCUT2D eigenvalue weighted by Crippen LogP contribution is 2.22. The Morgan fingerprint density at radius 3 is 2.39 bits per heavy atom. The molecule has 0 bridgehead atoms. The van der Waals surface area contributed by atoms with Crippen LogP contribution >= 0.6 is 0 Å². The molecule has 1 N–H and O–H groups in total. The molecular weight excluding hydrogens is 423 g/mol. The maximum Gasteiger partial charge on any atom is 0.251 e. The van der Waals surface area contributed by atoms with Gasteiger partial charge < -0.3 is 14.8 Å². The minimum absolute atomic E-state index is 0.108. The number of amides is 1. The standard InChI is InChI=1S/C22H27FN2O5S/c1-29-14-15-31(27,28)20-8-4-18(5-9-20)22(26)24-16-21(25-10-12-30-13-11-25)17-2-6-19(23)7-3-17/h2-9,21H,10-16H2,1H3,(H,24,26). The topological polar surface area (TPSA) is 84.9 Å². The average molecular weight is 451 g/mol. The molecule has 0 saturated carbocycles.